The molecule has 1 amide bonds. The third-order valence-corrected chi connectivity index (χ3v) is 6.24. The van der Waals surface area contributed by atoms with Crippen LogP contribution in [0.25, 0.3) is 0 Å². The number of nitrogens with zero attached hydrogens (tertiary/aromatic N) is 1. The Hall–Kier alpha value is -0.0500. The molecule has 3 unspecified atom stereocenters. The van der Waals surface area contributed by atoms with E-state index in [9.17, 15) is 4.79 Å². The maximum absolute atomic E-state index is 13.0. The van der Waals surface area contributed by atoms with Crippen molar-refractivity contribution in [3.05, 3.63) is 0 Å². The molecule has 2 nitrogen and oxygen atoms in total. The molecule has 0 aliphatic heterocycles. The van der Waals surface area contributed by atoms with Crippen molar-refractivity contribution in [1.82, 2.24) is 4.90 Å². The highest BCUT2D eigenvalue weighted by Gasteiger charge is 2.37. The van der Waals surface area contributed by atoms with Gasteiger partial charge in [0.15, 0.2) is 0 Å². The minimum Gasteiger partial charge on any atom is -0.339 e. The van der Waals surface area contributed by atoms with Gasteiger partial charge < -0.3 is 4.90 Å². The van der Waals surface area contributed by atoms with E-state index in [0.29, 0.717) is 17.9 Å². The molecule has 0 aromatic carbocycles. The number of alkyl halides is 1. The molecule has 2 aliphatic carbocycles. The molecule has 0 heterocycles. The van der Waals surface area contributed by atoms with Crippen LogP contribution in [-0.2, 0) is 4.79 Å². The van der Waals surface area contributed by atoms with E-state index in [1.54, 1.807) is 0 Å². The molecule has 0 spiro atoms. The first-order valence-electron chi connectivity index (χ1n) is 9.07. The van der Waals surface area contributed by atoms with Gasteiger partial charge in [-0.15, -0.1) is 0 Å². The largest absolute Gasteiger partial charge is 0.339 e. The molecule has 2 saturated carbocycles. The van der Waals surface area contributed by atoms with Crippen LogP contribution in [0.1, 0.15) is 71.6 Å². The van der Waals surface area contributed by atoms with Gasteiger partial charge in [-0.1, -0.05) is 55.5 Å². The van der Waals surface area contributed by atoms with Gasteiger partial charge in [-0.2, -0.15) is 0 Å². The van der Waals surface area contributed by atoms with Crippen LogP contribution in [-0.4, -0.2) is 28.7 Å². The molecule has 122 valence electrons. The van der Waals surface area contributed by atoms with Gasteiger partial charge in [0, 0.05) is 23.8 Å². The van der Waals surface area contributed by atoms with Crippen molar-refractivity contribution in [2.45, 2.75) is 77.7 Å². The zero-order valence-electron chi connectivity index (χ0n) is 13.8. The Bertz CT molecular complexity index is 329. The van der Waals surface area contributed by atoms with E-state index in [0.717, 1.165) is 43.0 Å². The highest BCUT2D eigenvalue weighted by Crippen LogP contribution is 2.43. The van der Waals surface area contributed by atoms with Crippen LogP contribution in [0.4, 0.5) is 0 Å². The average molecular weight is 358 g/mol. The highest BCUT2D eigenvalue weighted by molar-refractivity contribution is 9.09. The Morgan fingerprint density at radius 2 is 1.76 bits per heavy atom. The van der Waals surface area contributed by atoms with Crippen molar-refractivity contribution < 1.29 is 4.79 Å². The highest BCUT2D eigenvalue weighted by atomic mass is 79.9. The Morgan fingerprint density at radius 3 is 2.38 bits per heavy atom. The predicted molar refractivity (Wildman–Crippen MR) is 92.7 cm³/mol. The molecule has 0 N–H and O–H groups in total. The van der Waals surface area contributed by atoms with Gasteiger partial charge in [0.05, 0.1) is 0 Å². The maximum Gasteiger partial charge on any atom is 0.225 e. The summed E-state index contributed by atoms with van der Waals surface area (Å²) in [4.78, 5) is 15.2. The summed E-state index contributed by atoms with van der Waals surface area (Å²) >= 11 is 3.53. The molecule has 2 fully saturated rings. The maximum atomic E-state index is 13.0. The summed E-state index contributed by atoms with van der Waals surface area (Å²) in [6, 6.07) is 0.430. The van der Waals surface area contributed by atoms with Crippen LogP contribution >= 0.6 is 15.9 Å². The number of fused-ring (bicyclic) bond motifs is 1. The minimum absolute atomic E-state index is 0.309. The van der Waals surface area contributed by atoms with Crippen molar-refractivity contribution in [2.24, 2.45) is 17.8 Å². The summed E-state index contributed by atoms with van der Waals surface area (Å²) in [7, 11) is 0. The number of hydrogen-bond acceptors (Lipinski definition) is 1. The number of carbonyl (C=O) groups excluding carboxylic acids is 1. The fourth-order valence-electron chi connectivity index (χ4n) is 4.63. The molecule has 21 heavy (non-hydrogen) atoms. The molecule has 0 bridgehead atoms. The SMILES string of the molecule is CCC(CC)N(CCBr)C(=O)C1CCC2CCCCC2C1. The normalized spacial score (nSPS) is 29.2. The van der Waals surface area contributed by atoms with Crippen molar-refractivity contribution in [2.75, 3.05) is 11.9 Å². The van der Waals surface area contributed by atoms with Crippen LogP contribution in [0.15, 0.2) is 0 Å². The van der Waals surface area contributed by atoms with Crippen LogP contribution in [0.2, 0.25) is 0 Å². The van der Waals surface area contributed by atoms with E-state index in [1.807, 2.05) is 0 Å². The summed E-state index contributed by atoms with van der Waals surface area (Å²) in [6.45, 7) is 5.29. The quantitative estimate of drug-likeness (QED) is 0.612. The smallest absolute Gasteiger partial charge is 0.225 e. The van der Waals surface area contributed by atoms with Gasteiger partial charge in [0.1, 0.15) is 0 Å². The molecule has 0 saturated heterocycles. The second-order valence-electron chi connectivity index (χ2n) is 7.01. The number of halogens is 1. The van der Waals surface area contributed by atoms with Crippen LogP contribution in [0, 0.1) is 17.8 Å². The van der Waals surface area contributed by atoms with E-state index >= 15 is 0 Å². The lowest BCUT2D eigenvalue weighted by molar-refractivity contribution is -0.140. The fourth-order valence-corrected chi connectivity index (χ4v) is 5.01. The van der Waals surface area contributed by atoms with Gasteiger partial charge in [0.25, 0.3) is 0 Å². The van der Waals surface area contributed by atoms with Gasteiger partial charge in [-0.25, -0.2) is 0 Å². The summed E-state index contributed by atoms with van der Waals surface area (Å²) in [5, 5.41) is 0.897. The molecule has 0 radical (unpaired) electrons. The second-order valence-corrected chi connectivity index (χ2v) is 7.80. The van der Waals surface area contributed by atoms with Gasteiger partial charge in [-0.3, -0.25) is 4.79 Å². The van der Waals surface area contributed by atoms with E-state index in [4.69, 9.17) is 0 Å². The Labute approximate surface area is 139 Å². The van der Waals surface area contributed by atoms with E-state index in [1.165, 1.54) is 38.5 Å². The number of hydrogen-bond donors (Lipinski definition) is 0. The third kappa shape index (κ3) is 4.24. The van der Waals surface area contributed by atoms with Crippen LogP contribution in [0.5, 0.6) is 0 Å². The molecule has 3 atom stereocenters. The van der Waals surface area contributed by atoms with Gasteiger partial charge >= 0.3 is 0 Å². The minimum atomic E-state index is 0.309. The zero-order valence-corrected chi connectivity index (χ0v) is 15.4. The molecule has 2 aliphatic rings. The lowest BCUT2D eigenvalue weighted by atomic mass is 9.67. The monoisotopic (exact) mass is 357 g/mol. The third-order valence-electron chi connectivity index (χ3n) is 5.88. The molecular weight excluding hydrogens is 326 g/mol. The Morgan fingerprint density at radius 1 is 1.10 bits per heavy atom. The summed E-state index contributed by atoms with van der Waals surface area (Å²) in [5.41, 5.74) is 0. The van der Waals surface area contributed by atoms with Crippen molar-refractivity contribution in [3.63, 3.8) is 0 Å². The summed E-state index contributed by atoms with van der Waals surface area (Å²) in [6.07, 6.45) is 11.4. The Balaban J connectivity index is 1.99. The molecule has 2 rings (SSSR count). The van der Waals surface area contributed by atoms with E-state index < -0.39 is 0 Å². The molecule has 3 heteroatoms. The lowest BCUT2D eigenvalue weighted by Gasteiger charge is -2.41. The van der Waals surface area contributed by atoms with Crippen molar-refractivity contribution in [1.29, 1.82) is 0 Å². The first-order chi connectivity index (χ1) is 10.2. The van der Waals surface area contributed by atoms with Gasteiger partial charge in [0.2, 0.25) is 5.91 Å². The number of amides is 1. The predicted octanol–water partition coefficient (Wildman–Crippen LogP) is 5.01. The number of rotatable bonds is 6. The first-order valence-corrected chi connectivity index (χ1v) is 10.2. The topological polar surface area (TPSA) is 20.3 Å². The second kappa shape index (κ2) is 8.55. The van der Waals surface area contributed by atoms with E-state index in [-0.39, 0.29) is 0 Å². The Kier molecular flexibility index (Phi) is 7.04. The number of carbonyl (C=O) groups is 1. The summed E-state index contributed by atoms with van der Waals surface area (Å²) < 4.78 is 0. The van der Waals surface area contributed by atoms with Gasteiger partial charge in [-0.05, 0) is 43.9 Å². The van der Waals surface area contributed by atoms with Crippen molar-refractivity contribution >= 4 is 21.8 Å². The van der Waals surface area contributed by atoms with Crippen LogP contribution in [0.3, 0.4) is 0 Å². The van der Waals surface area contributed by atoms with Crippen molar-refractivity contribution in [3.8, 4) is 0 Å². The standard InChI is InChI=1S/C18H32BrNO/c1-3-17(4-2)20(12-11-19)18(21)16-10-9-14-7-5-6-8-15(14)13-16/h14-17H,3-13H2,1-2H3. The first kappa shape index (κ1) is 17.3. The fraction of sp³-hybridized carbons (Fsp3) is 0.944. The average Bonchev–Trinajstić information content (AvgIpc) is 2.54. The lowest BCUT2D eigenvalue weighted by Crippen LogP contribution is -2.46. The molecular formula is C18H32BrNO. The molecule has 0 aromatic heterocycles. The summed E-state index contributed by atoms with van der Waals surface area (Å²) in [5.74, 6) is 2.53. The molecule has 0 aromatic rings. The zero-order chi connectivity index (χ0) is 15.2. The van der Waals surface area contributed by atoms with Crippen LogP contribution < -0.4 is 0 Å². The van der Waals surface area contributed by atoms with E-state index in [2.05, 4.69) is 34.7 Å².